The molecule has 1 N–H and O–H groups in total. The number of anilines is 1. The van der Waals surface area contributed by atoms with Crippen molar-refractivity contribution >= 4 is 43.6 Å². The standard InChI is InChI=1S/C12H7Br2FN2O/c13-9-6-7(15)4-5-8(9)12(18)17-11-3-1-2-10(14)16-11/h1-6H,(H,16,17,18). The summed E-state index contributed by atoms with van der Waals surface area (Å²) in [5, 5.41) is 2.63. The van der Waals surface area contributed by atoms with Crippen LogP contribution >= 0.6 is 31.9 Å². The van der Waals surface area contributed by atoms with Crippen molar-refractivity contribution in [2.45, 2.75) is 0 Å². The highest BCUT2D eigenvalue weighted by Crippen LogP contribution is 2.19. The van der Waals surface area contributed by atoms with Crippen LogP contribution in [0.25, 0.3) is 0 Å². The predicted octanol–water partition coefficient (Wildman–Crippen LogP) is 4.00. The topological polar surface area (TPSA) is 42.0 Å². The van der Waals surface area contributed by atoms with E-state index in [9.17, 15) is 9.18 Å². The molecule has 0 saturated carbocycles. The maximum absolute atomic E-state index is 12.9. The number of halogens is 3. The fraction of sp³-hybridized carbons (Fsp3) is 0. The van der Waals surface area contributed by atoms with Gasteiger partial charge in [-0.25, -0.2) is 9.37 Å². The third kappa shape index (κ3) is 3.14. The van der Waals surface area contributed by atoms with E-state index in [2.05, 4.69) is 42.2 Å². The van der Waals surface area contributed by atoms with Crippen LogP contribution < -0.4 is 5.32 Å². The number of nitrogens with zero attached hydrogens (tertiary/aromatic N) is 1. The SMILES string of the molecule is O=C(Nc1cccc(Br)n1)c1ccc(F)cc1Br. The molecular weight excluding hydrogens is 367 g/mol. The number of hydrogen-bond acceptors (Lipinski definition) is 2. The van der Waals surface area contributed by atoms with Crippen molar-refractivity contribution in [3.63, 3.8) is 0 Å². The minimum atomic E-state index is -0.404. The Bertz CT molecular complexity index is 604. The molecule has 0 saturated heterocycles. The van der Waals surface area contributed by atoms with Gasteiger partial charge in [0.1, 0.15) is 16.2 Å². The average molecular weight is 374 g/mol. The normalized spacial score (nSPS) is 10.2. The molecule has 0 aliphatic carbocycles. The summed E-state index contributed by atoms with van der Waals surface area (Å²) < 4.78 is 13.9. The summed E-state index contributed by atoms with van der Waals surface area (Å²) in [6, 6.07) is 9.06. The van der Waals surface area contributed by atoms with Crippen LogP contribution in [0.2, 0.25) is 0 Å². The first-order valence-electron chi connectivity index (χ1n) is 4.95. The van der Waals surface area contributed by atoms with Crippen LogP contribution in [0.4, 0.5) is 10.2 Å². The first kappa shape index (κ1) is 13.2. The summed E-state index contributed by atoms with van der Waals surface area (Å²) in [4.78, 5) is 16.0. The Labute approximate surface area is 120 Å². The first-order chi connectivity index (χ1) is 8.56. The van der Waals surface area contributed by atoms with Gasteiger partial charge in [0, 0.05) is 4.47 Å². The Kier molecular flexibility index (Phi) is 4.08. The van der Waals surface area contributed by atoms with Gasteiger partial charge in [-0.15, -0.1) is 0 Å². The van der Waals surface area contributed by atoms with Crippen molar-refractivity contribution < 1.29 is 9.18 Å². The highest BCUT2D eigenvalue weighted by atomic mass is 79.9. The van der Waals surface area contributed by atoms with Crippen LogP contribution in [-0.4, -0.2) is 10.9 Å². The fourth-order valence-corrected chi connectivity index (χ4v) is 2.21. The molecule has 1 aromatic carbocycles. The molecule has 0 unspecified atom stereocenters. The lowest BCUT2D eigenvalue weighted by Gasteiger charge is -2.06. The van der Waals surface area contributed by atoms with Gasteiger partial charge in [-0.05, 0) is 62.2 Å². The van der Waals surface area contributed by atoms with Crippen molar-refractivity contribution in [2.75, 3.05) is 5.32 Å². The molecule has 6 heteroatoms. The Morgan fingerprint density at radius 2 is 2.00 bits per heavy atom. The summed E-state index contributed by atoms with van der Waals surface area (Å²) in [7, 11) is 0. The van der Waals surface area contributed by atoms with Gasteiger partial charge in [0.05, 0.1) is 5.56 Å². The maximum atomic E-state index is 12.9. The summed E-state index contributed by atoms with van der Waals surface area (Å²) in [5.41, 5.74) is 0.346. The van der Waals surface area contributed by atoms with Crippen LogP contribution in [0.1, 0.15) is 10.4 Å². The fourth-order valence-electron chi connectivity index (χ4n) is 1.34. The highest BCUT2D eigenvalue weighted by molar-refractivity contribution is 9.10. The summed E-state index contributed by atoms with van der Waals surface area (Å²) in [5.74, 6) is -0.336. The second-order valence-electron chi connectivity index (χ2n) is 3.42. The summed E-state index contributed by atoms with van der Waals surface area (Å²) in [6.07, 6.45) is 0. The number of nitrogens with one attached hydrogen (secondary N) is 1. The van der Waals surface area contributed by atoms with E-state index in [1.807, 2.05) is 0 Å². The van der Waals surface area contributed by atoms with E-state index in [4.69, 9.17) is 0 Å². The van der Waals surface area contributed by atoms with Crippen molar-refractivity contribution in [2.24, 2.45) is 0 Å². The molecule has 3 nitrogen and oxygen atoms in total. The average Bonchev–Trinajstić information content (AvgIpc) is 2.28. The van der Waals surface area contributed by atoms with Gasteiger partial charge in [-0.3, -0.25) is 4.79 Å². The van der Waals surface area contributed by atoms with Crippen molar-refractivity contribution in [3.8, 4) is 0 Å². The number of carbonyl (C=O) groups excluding carboxylic acids is 1. The third-order valence-electron chi connectivity index (χ3n) is 2.13. The Morgan fingerprint density at radius 3 is 2.67 bits per heavy atom. The molecule has 92 valence electrons. The van der Waals surface area contributed by atoms with Crippen molar-refractivity contribution in [1.82, 2.24) is 4.98 Å². The van der Waals surface area contributed by atoms with Crippen LogP contribution in [0.15, 0.2) is 45.5 Å². The number of amides is 1. The number of hydrogen-bond donors (Lipinski definition) is 1. The van der Waals surface area contributed by atoms with E-state index in [-0.39, 0.29) is 5.91 Å². The lowest BCUT2D eigenvalue weighted by Crippen LogP contribution is -2.13. The van der Waals surface area contributed by atoms with E-state index in [0.717, 1.165) is 0 Å². The second kappa shape index (κ2) is 5.58. The van der Waals surface area contributed by atoms with Crippen molar-refractivity contribution in [1.29, 1.82) is 0 Å². The Hall–Kier alpha value is -1.27. The molecule has 1 heterocycles. The van der Waals surface area contributed by atoms with E-state index in [1.165, 1.54) is 18.2 Å². The summed E-state index contributed by atoms with van der Waals surface area (Å²) >= 11 is 6.36. The molecule has 0 bridgehead atoms. The number of pyridine rings is 1. The number of benzene rings is 1. The molecule has 2 aromatic rings. The molecule has 0 atom stereocenters. The largest absolute Gasteiger partial charge is 0.306 e. The molecule has 0 fully saturated rings. The molecule has 2 rings (SSSR count). The molecule has 0 aliphatic heterocycles. The zero-order chi connectivity index (χ0) is 13.1. The molecule has 0 radical (unpaired) electrons. The quantitative estimate of drug-likeness (QED) is 0.808. The maximum Gasteiger partial charge on any atom is 0.257 e. The zero-order valence-corrected chi connectivity index (χ0v) is 12.1. The predicted molar refractivity (Wildman–Crippen MR) is 74.0 cm³/mol. The van der Waals surface area contributed by atoms with Gasteiger partial charge in [-0.1, -0.05) is 6.07 Å². The first-order valence-corrected chi connectivity index (χ1v) is 6.54. The molecule has 0 aliphatic rings. The van der Waals surface area contributed by atoms with Crippen LogP contribution in [0.5, 0.6) is 0 Å². The van der Waals surface area contributed by atoms with E-state index in [1.54, 1.807) is 18.2 Å². The van der Waals surface area contributed by atoms with Gasteiger partial charge in [-0.2, -0.15) is 0 Å². The van der Waals surface area contributed by atoms with Gasteiger partial charge in [0.15, 0.2) is 0 Å². The lowest BCUT2D eigenvalue weighted by atomic mass is 10.2. The van der Waals surface area contributed by atoms with Gasteiger partial charge in [0.25, 0.3) is 5.91 Å². The van der Waals surface area contributed by atoms with E-state index >= 15 is 0 Å². The van der Waals surface area contributed by atoms with Crippen LogP contribution in [0.3, 0.4) is 0 Å². The third-order valence-corrected chi connectivity index (χ3v) is 3.23. The number of carbonyl (C=O) groups is 1. The molecular formula is C12H7Br2FN2O. The van der Waals surface area contributed by atoms with Gasteiger partial charge < -0.3 is 5.32 Å². The van der Waals surface area contributed by atoms with Crippen LogP contribution in [-0.2, 0) is 0 Å². The Morgan fingerprint density at radius 1 is 1.22 bits per heavy atom. The van der Waals surface area contributed by atoms with E-state index in [0.29, 0.717) is 20.5 Å². The minimum absolute atomic E-state index is 0.346. The summed E-state index contributed by atoms with van der Waals surface area (Å²) in [6.45, 7) is 0. The molecule has 0 spiro atoms. The molecule has 18 heavy (non-hydrogen) atoms. The lowest BCUT2D eigenvalue weighted by molar-refractivity contribution is 0.102. The number of rotatable bonds is 2. The molecule has 1 amide bonds. The van der Waals surface area contributed by atoms with E-state index < -0.39 is 5.82 Å². The highest BCUT2D eigenvalue weighted by Gasteiger charge is 2.11. The smallest absolute Gasteiger partial charge is 0.257 e. The number of aromatic nitrogens is 1. The minimum Gasteiger partial charge on any atom is -0.306 e. The molecule has 1 aromatic heterocycles. The zero-order valence-electron chi connectivity index (χ0n) is 8.95. The monoisotopic (exact) mass is 372 g/mol. The van der Waals surface area contributed by atoms with Gasteiger partial charge in [0.2, 0.25) is 0 Å². The van der Waals surface area contributed by atoms with Crippen LogP contribution in [0, 0.1) is 5.82 Å². The van der Waals surface area contributed by atoms with Crippen molar-refractivity contribution in [3.05, 3.63) is 56.9 Å². The Balaban J connectivity index is 2.22. The van der Waals surface area contributed by atoms with Gasteiger partial charge >= 0.3 is 0 Å². The second-order valence-corrected chi connectivity index (χ2v) is 5.09.